The Bertz CT molecular complexity index is 1350. The molecule has 1 aromatic carbocycles. The molecule has 0 fully saturated rings. The number of aromatic nitrogens is 5. The summed E-state index contributed by atoms with van der Waals surface area (Å²) in [5.74, 6) is -0.106. The lowest BCUT2D eigenvalue weighted by molar-refractivity contribution is 0.102. The third-order valence-corrected chi connectivity index (χ3v) is 5.37. The minimum atomic E-state index is -0.570. The zero-order valence-corrected chi connectivity index (χ0v) is 18.3. The number of aryl methyl sites for hydroxylation is 2. The lowest BCUT2D eigenvalue weighted by Gasteiger charge is -2.08. The number of nitrogens with one attached hydrogen (secondary N) is 1. The maximum absolute atomic E-state index is 13.1. The first kappa shape index (κ1) is 20.6. The van der Waals surface area contributed by atoms with E-state index in [9.17, 15) is 9.59 Å². The number of rotatable bonds is 4. The smallest absolute Gasteiger partial charge is 0.295 e. The second kappa shape index (κ2) is 7.88. The van der Waals surface area contributed by atoms with Crippen molar-refractivity contribution in [2.24, 2.45) is 7.05 Å². The van der Waals surface area contributed by atoms with E-state index in [1.54, 1.807) is 35.5 Å². The number of hydrogen-bond donors (Lipinski definition) is 1. The van der Waals surface area contributed by atoms with Crippen LogP contribution < -0.4 is 10.9 Å². The highest BCUT2D eigenvalue weighted by Crippen LogP contribution is 2.20. The topological polar surface area (TPSA) is 86.7 Å². The fourth-order valence-electron chi connectivity index (χ4n) is 3.45. The molecule has 158 valence electrons. The van der Waals surface area contributed by atoms with Gasteiger partial charge in [-0.05, 0) is 51.1 Å². The van der Waals surface area contributed by atoms with Crippen LogP contribution in [0.5, 0.6) is 0 Å². The molecule has 0 radical (unpaired) electrons. The summed E-state index contributed by atoms with van der Waals surface area (Å²) in [5.41, 5.74) is 2.86. The monoisotopic (exact) mass is 436 g/mol. The molecule has 0 bridgehead atoms. The maximum Gasteiger partial charge on any atom is 0.295 e. The van der Waals surface area contributed by atoms with Gasteiger partial charge in [0.1, 0.15) is 11.4 Å². The molecule has 8 nitrogen and oxygen atoms in total. The predicted molar refractivity (Wildman–Crippen MR) is 120 cm³/mol. The Kier molecular flexibility index (Phi) is 5.24. The summed E-state index contributed by atoms with van der Waals surface area (Å²) in [6.45, 7) is 5.54. The molecule has 0 aliphatic carbocycles. The summed E-state index contributed by atoms with van der Waals surface area (Å²) >= 11 is 6.26. The number of halogens is 1. The summed E-state index contributed by atoms with van der Waals surface area (Å²) in [7, 11) is 1.76. The molecule has 0 atom stereocenters. The number of pyridine rings is 1. The van der Waals surface area contributed by atoms with Crippen molar-refractivity contribution < 1.29 is 4.79 Å². The molecule has 9 heteroatoms. The van der Waals surface area contributed by atoms with Crippen molar-refractivity contribution in [2.75, 3.05) is 5.32 Å². The van der Waals surface area contributed by atoms with E-state index in [-0.39, 0.29) is 22.0 Å². The largest absolute Gasteiger partial charge is 0.314 e. The van der Waals surface area contributed by atoms with Gasteiger partial charge >= 0.3 is 0 Å². The second-order valence-corrected chi connectivity index (χ2v) is 7.64. The van der Waals surface area contributed by atoms with Gasteiger partial charge in [0.25, 0.3) is 11.5 Å². The van der Waals surface area contributed by atoms with E-state index < -0.39 is 5.91 Å². The van der Waals surface area contributed by atoms with Gasteiger partial charge in [-0.2, -0.15) is 5.10 Å². The summed E-state index contributed by atoms with van der Waals surface area (Å²) in [5, 5.41) is 7.27. The van der Waals surface area contributed by atoms with Gasteiger partial charge in [-0.15, -0.1) is 0 Å². The Balaban J connectivity index is 1.72. The Morgan fingerprint density at radius 2 is 1.77 bits per heavy atom. The summed E-state index contributed by atoms with van der Waals surface area (Å²) in [4.78, 5) is 30.5. The van der Waals surface area contributed by atoms with E-state index in [1.807, 2.05) is 50.2 Å². The van der Waals surface area contributed by atoms with E-state index in [2.05, 4.69) is 15.4 Å². The van der Waals surface area contributed by atoms with Crippen molar-refractivity contribution in [2.45, 2.75) is 20.8 Å². The number of carbonyl (C=O) groups excluding carboxylic acids is 1. The minimum Gasteiger partial charge on any atom is -0.314 e. The first-order valence-electron chi connectivity index (χ1n) is 9.63. The third-order valence-electron chi connectivity index (χ3n) is 5.07. The molecule has 31 heavy (non-hydrogen) atoms. The molecule has 0 aliphatic heterocycles. The van der Waals surface area contributed by atoms with Gasteiger partial charge in [-0.25, -0.2) is 14.3 Å². The van der Waals surface area contributed by atoms with Gasteiger partial charge in [0.15, 0.2) is 5.82 Å². The molecule has 1 amide bonds. The Labute approximate surface area is 183 Å². The van der Waals surface area contributed by atoms with Crippen LogP contribution in [0.25, 0.3) is 11.5 Å². The molecule has 0 aliphatic rings. The average Bonchev–Trinajstić information content (AvgIpc) is 3.19. The normalized spacial score (nSPS) is 11.0. The van der Waals surface area contributed by atoms with Gasteiger partial charge in [0.05, 0.1) is 22.1 Å². The first-order valence-corrected chi connectivity index (χ1v) is 10.0. The van der Waals surface area contributed by atoms with Gasteiger partial charge in [-0.3, -0.25) is 14.3 Å². The van der Waals surface area contributed by atoms with E-state index in [4.69, 9.17) is 11.6 Å². The zero-order chi connectivity index (χ0) is 22.3. The van der Waals surface area contributed by atoms with Crippen LogP contribution in [-0.4, -0.2) is 30.0 Å². The molecular weight excluding hydrogens is 416 g/mol. The van der Waals surface area contributed by atoms with Crippen LogP contribution in [-0.2, 0) is 7.05 Å². The van der Waals surface area contributed by atoms with Crippen LogP contribution >= 0.6 is 11.6 Å². The van der Waals surface area contributed by atoms with Crippen LogP contribution in [0.1, 0.15) is 27.6 Å². The highest BCUT2D eigenvalue weighted by Gasteiger charge is 2.21. The van der Waals surface area contributed by atoms with Crippen molar-refractivity contribution in [1.29, 1.82) is 0 Å². The molecule has 0 saturated carbocycles. The number of benzene rings is 1. The average molecular weight is 437 g/mol. The van der Waals surface area contributed by atoms with Crippen molar-refractivity contribution in [1.82, 2.24) is 24.1 Å². The van der Waals surface area contributed by atoms with E-state index in [1.165, 1.54) is 4.68 Å². The molecule has 1 N–H and O–H groups in total. The van der Waals surface area contributed by atoms with Crippen LogP contribution in [0.4, 0.5) is 5.69 Å². The van der Waals surface area contributed by atoms with Crippen molar-refractivity contribution in [3.8, 4) is 11.5 Å². The molecular formula is C22H21ClN6O2. The number of amides is 1. The number of nitrogens with zero attached hydrogens (tertiary/aromatic N) is 5. The van der Waals surface area contributed by atoms with Crippen molar-refractivity contribution >= 4 is 23.2 Å². The van der Waals surface area contributed by atoms with E-state index in [0.29, 0.717) is 17.2 Å². The van der Waals surface area contributed by atoms with Crippen LogP contribution in [0.15, 0.2) is 53.3 Å². The lowest BCUT2D eigenvalue weighted by Crippen LogP contribution is -2.23. The predicted octanol–water partition coefficient (Wildman–Crippen LogP) is 3.59. The van der Waals surface area contributed by atoms with Crippen molar-refractivity contribution in [3.05, 3.63) is 86.7 Å². The fraction of sp³-hybridized carbons (Fsp3) is 0.182. The van der Waals surface area contributed by atoms with Crippen LogP contribution in [0.3, 0.4) is 0 Å². The molecule has 4 rings (SSSR count). The highest BCUT2D eigenvalue weighted by atomic mass is 35.5. The maximum atomic E-state index is 13.1. The van der Waals surface area contributed by atoms with Crippen LogP contribution in [0.2, 0.25) is 5.02 Å². The summed E-state index contributed by atoms with van der Waals surface area (Å²) in [6.07, 6.45) is 0. The SMILES string of the molecule is Cc1cc(C)n(-c2ccc(Cl)c(C(=O)Nc3c(C)n(C)n(-c4ccccc4)c3=O)n2)n1. The molecule has 4 aromatic rings. The summed E-state index contributed by atoms with van der Waals surface area (Å²) < 4.78 is 4.82. The first-order chi connectivity index (χ1) is 14.8. The molecule has 3 heterocycles. The van der Waals surface area contributed by atoms with Gasteiger partial charge in [0.2, 0.25) is 0 Å². The van der Waals surface area contributed by atoms with Gasteiger partial charge < -0.3 is 5.32 Å². The van der Waals surface area contributed by atoms with Crippen molar-refractivity contribution in [3.63, 3.8) is 0 Å². The second-order valence-electron chi connectivity index (χ2n) is 7.23. The van der Waals surface area contributed by atoms with E-state index >= 15 is 0 Å². The standard InChI is InChI=1S/C22H21ClN6O2/c1-13-12-14(2)28(26-13)18-11-10-17(23)20(24-18)21(30)25-19-15(3)27(4)29(22(19)31)16-8-6-5-7-9-16/h5-12H,1-4H3,(H,25,30). The fourth-order valence-corrected chi connectivity index (χ4v) is 3.65. The number of anilines is 1. The Morgan fingerprint density at radius 1 is 1.06 bits per heavy atom. The number of carbonyl (C=O) groups is 1. The zero-order valence-electron chi connectivity index (χ0n) is 17.5. The van der Waals surface area contributed by atoms with Crippen LogP contribution in [0, 0.1) is 20.8 Å². The molecule has 0 saturated heterocycles. The Morgan fingerprint density at radius 3 is 2.42 bits per heavy atom. The Hall–Kier alpha value is -3.65. The minimum absolute atomic E-state index is 0.0145. The highest BCUT2D eigenvalue weighted by molar-refractivity contribution is 6.34. The van der Waals surface area contributed by atoms with E-state index in [0.717, 1.165) is 11.4 Å². The van der Waals surface area contributed by atoms with Gasteiger partial charge in [-0.1, -0.05) is 29.8 Å². The quantitative estimate of drug-likeness (QED) is 0.529. The number of para-hydroxylation sites is 1. The molecule has 0 unspecified atom stereocenters. The third kappa shape index (κ3) is 3.66. The number of hydrogen-bond acceptors (Lipinski definition) is 4. The lowest BCUT2D eigenvalue weighted by atomic mass is 10.3. The summed E-state index contributed by atoms with van der Waals surface area (Å²) in [6, 6.07) is 14.4. The molecule has 0 spiro atoms. The molecule has 3 aromatic heterocycles. The van der Waals surface area contributed by atoms with Gasteiger partial charge in [0, 0.05) is 12.7 Å².